The summed E-state index contributed by atoms with van der Waals surface area (Å²) < 4.78 is 0. The molecule has 7 aromatic rings. The zero-order valence-corrected chi connectivity index (χ0v) is 23.5. The predicted octanol–water partition coefficient (Wildman–Crippen LogP) is 9.79. The van der Waals surface area contributed by atoms with Gasteiger partial charge in [0.2, 0.25) is 0 Å². The molecule has 0 amide bonds. The maximum absolute atomic E-state index is 5.30. The molecule has 9 rings (SSSR count). The van der Waals surface area contributed by atoms with Crippen molar-refractivity contribution >= 4 is 22.7 Å². The third-order valence-electron chi connectivity index (χ3n) is 8.76. The first-order valence-electron chi connectivity index (χ1n) is 14.3. The molecule has 0 unspecified atom stereocenters. The van der Waals surface area contributed by atoms with Crippen molar-refractivity contribution in [3.8, 4) is 33.8 Å². The van der Waals surface area contributed by atoms with Crippen molar-refractivity contribution < 1.29 is 0 Å². The van der Waals surface area contributed by atoms with Crippen molar-refractivity contribution in [2.24, 2.45) is 0 Å². The van der Waals surface area contributed by atoms with E-state index < -0.39 is 5.41 Å². The fourth-order valence-corrected chi connectivity index (χ4v) is 8.29. The van der Waals surface area contributed by atoms with Crippen molar-refractivity contribution in [3.63, 3.8) is 0 Å². The number of nitrogens with zero attached hydrogens (tertiary/aromatic N) is 2. The molecule has 0 bridgehead atoms. The highest BCUT2D eigenvalue weighted by Gasteiger charge is 2.50. The van der Waals surface area contributed by atoms with Crippen LogP contribution in [-0.2, 0) is 5.41 Å². The largest absolute Gasteiger partial charge is 0.228 e. The van der Waals surface area contributed by atoms with Gasteiger partial charge in [0, 0.05) is 26.3 Å². The summed E-state index contributed by atoms with van der Waals surface area (Å²) in [6.07, 6.45) is 0. The smallest absolute Gasteiger partial charge is 0.160 e. The van der Waals surface area contributed by atoms with Gasteiger partial charge in [0.1, 0.15) is 0 Å². The maximum Gasteiger partial charge on any atom is 0.160 e. The van der Waals surface area contributed by atoms with Crippen LogP contribution in [0.15, 0.2) is 155 Å². The first-order chi connectivity index (χ1) is 20.8. The summed E-state index contributed by atoms with van der Waals surface area (Å²) in [5.74, 6) is 0.743. The Bertz CT molecular complexity index is 2140. The molecule has 6 aromatic carbocycles. The van der Waals surface area contributed by atoms with E-state index in [1.807, 2.05) is 30.0 Å². The van der Waals surface area contributed by atoms with Gasteiger partial charge in [-0.3, -0.25) is 0 Å². The summed E-state index contributed by atoms with van der Waals surface area (Å²) in [7, 11) is 0. The molecule has 0 fully saturated rings. The Morgan fingerprint density at radius 3 is 1.83 bits per heavy atom. The molecule has 0 saturated heterocycles. The third-order valence-corrected chi connectivity index (χ3v) is 9.91. The molecule has 1 spiro atoms. The minimum Gasteiger partial charge on any atom is -0.228 e. The van der Waals surface area contributed by atoms with E-state index in [9.17, 15) is 0 Å². The average Bonchev–Trinajstić information content (AvgIpc) is 3.36. The summed E-state index contributed by atoms with van der Waals surface area (Å²) in [5, 5.41) is 1.06. The maximum atomic E-state index is 5.30. The third kappa shape index (κ3) is 3.17. The van der Waals surface area contributed by atoms with Crippen LogP contribution in [0.25, 0.3) is 44.7 Å². The topological polar surface area (TPSA) is 25.8 Å². The number of benzene rings is 6. The lowest BCUT2D eigenvalue weighted by molar-refractivity contribution is 0.722. The molecule has 1 aromatic heterocycles. The number of aromatic nitrogens is 2. The van der Waals surface area contributed by atoms with Crippen LogP contribution in [0.2, 0.25) is 0 Å². The van der Waals surface area contributed by atoms with Crippen LogP contribution >= 0.6 is 11.8 Å². The van der Waals surface area contributed by atoms with Crippen LogP contribution in [0.1, 0.15) is 22.3 Å². The van der Waals surface area contributed by atoms with Crippen LogP contribution in [0, 0.1) is 0 Å². The Hall–Kier alpha value is -4.99. The molecular formula is C39H24N2S. The number of rotatable bonds is 2. The molecule has 0 N–H and O–H groups in total. The predicted molar refractivity (Wildman–Crippen MR) is 172 cm³/mol. The van der Waals surface area contributed by atoms with Crippen LogP contribution in [0.4, 0.5) is 0 Å². The lowest BCUT2D eigenvalue weighted by Crippen LogP contribution is -2.31. The lowest BCUT2D eigenvalue weighted by atomic mass is 9.67. The Balaban J connectivity index is 1.42. The van der Waals surface area contributed by atoms with E-state index in [0.717, 1.165) is 33.5 Å². The molecule has 2 aliphatic rings. The van der Waals surface area contributed by atoms with Gasteiger partial charge in [-0.25, -0.2) is 9.97 Å². The Morgan fingerprint density at radius 1 is 0.452 bits per heavy atom. The van der Waals surface area contributed by atoms with Gasteiger partial charge in [-0.15, -0.1) is 0 Å². The quantitative estimate of drug-likeness (QED) is 0.213. The normalized spacial score (nSPS) is 13.8. The second-order valence-electron chi connectivity index (χ2n) is 10.9. The summed E-state index contributed by atoms with van der Waals surface area (Å²) in [4.78, 5) is 12.9. The Morgan fingerprint density at radius 2 is 1.05 bits per heavy atom. The van der Waals surface area contributed by atoms with E-state index in [4.69, 9.17) is 9.97 Å². The molecule has 1 aliphatic heterocycles. The van der Waals surface area contributed by atoms with Crippen molar-refractivity contribution in [3.05, 3.63) is 168 Å². The van der Waals surface area contributed by atoms with Gasteiger partial charge in [0.25, 0.3) is 0 Å². The highest BCUT2D eigenvalue weighted by molar-refractivity contribution is 7.99. The zero-order valence-electron chi connectivity index (χ0n) is 22.7. The molecule has 1 aliphatic carbocycles. The first-order valence-corrected chi connectivity index (χ1v) is 15.1. The number of hydrogen-bond donors (Lipinski definition) is 0. The molecule has 42 heavy (non-hydrogen) atoms. The molecule has 0 radical (unpaired) electrons. The van der Waals surface area contributed by atoms with Crippen molar-refractivity contribution in [1.29, 1.82) is 0 Å². The Kier molecular flexibility index (Phi) is 5.08. The molecule has 2 heterocycles. The number of fused-ring (bicyclic) bond motifs is 10. The molecule has 3 heteroatoms. The minimum absolute atomic E-state index is 0.411. The van der Waals surface area contributed by atoms with Gasteiger partial charge >= 0.3 is 0 Å². The van der Waals surface area contributed by atoms with E-state index in [2.05, 4.69) is 127 Å². The van der Waals surface area contributed by atoms with Gasteiger partial charge in [0.15, 0.2) is 5.82 Å². The average molecular weight is 553 g/mol. The van der Waals surface area contributed by atoms with Gasteiger partial charge in [-0.1, -0.05) is 139 Å². The van der Waals surface area contributed by atoms with Gasteiger partial charge in [-0.2, -0.15) is 0 Å². The second-order valence-corrected chi connectivity index (χ2v) is 12.0. The summed E-state index contributed by atoms with van der Waals surface area (Å²) in [5.41, 5.74) is 11.5. The molecule has 0 saturated carbocycles. The van der Waals surface area contributed by atoms with Crippen LogP contribution in [0.5, 0.6) is 0 Å². The van der Waals surface area contributed by atoms with Crippen LogP contribution < -0.4 is 0 Å². The fraction of sp³-hybridized carbons (Fsp3) is 0.0256. The van der Waals surface area contributed by atoms with Crippen molar-refractivity contribution in [2.45, 2.75) is 15.2 Å². The summed E-state index contributed by atoms with van der Waals surface area (Å²) in [6.45, 7) is 0. The summed E-state index contributed by atoms with van der Waals surface area (Å²) >= 11 is 1.87. The standard InChI is InChI=1S/C39H24N2S/c1-2-13-25(14-3-1)38-40-33-22-9-5-16-27(33)37(41-38)28-17-12-21-32-36(28)26-15-4-6-18-29(26)39(32)30-19-7-10-23-34(30)42-35-24-11-8-20-31(35)39/h1-24H. The van der Waals surface area contributed by atoms with E-state index in [1.54, 1.807) is 0 Å². The van der Waals surface area contributed by atoms with E-state index in [1.165, 1.54) is 43.2 Å². The lowest BCUT2D eigenvalue weighted by Gasteiger charge is -2.39. The van der Waals surface area contributed by atoms with E-state index >= 15 is 0 Å². The monoisotopic (exact) mass is 552 g/mol. The Labute approximate surface area is 248 Å². The highest BCUT2D eigenvalue weighted by Crippen LogP contribution is 2.63. The molecule has 0 atom stereocenters. The SMILES string of the molecule is c1ccc(-c2nc(-c3cccc4c3-c3ccccc3C43c4ccccc4Sc4ccccc43)c3ccccc3n2)cc1. The molecule has 2 nitrogen and oxygen atoms in total. The van der Waals surface area contributed by atoms with Crippen molar-refractivity contribution in [1.82, 2.24) is 9.97 Å². The fourth-order valence-electron chi connectivity index (χ4n) is 7.10. The van der Waals surface area contributed by atoms with Crippen LogP contribution in [0.3, 0.4) is 0 Å². The number of para-hydroxylation sites is 1. The second kappa shape index (κ2) is 9.01. The highest BCUT2D eigenvalue weighted by atomic mass is 32.2. The summed E-state index contributed by atoms with van der Waals surface area (Å²) in [6, 6.07) is 52.3. The van der Waals surface area contributed by atoms with E-state index in [-0.39, 0.29) is 0 Å². The number of hydrogen-bond acceptors (Lipinski definition) is 3. The molecule has 196 valence electrons. The van der Waals surface area contributed by atoms with Gasteiger partial charge in [0.05, 0.1) is 16.6 Å². The van der Waals surface area contributed by atoms with Gasteiger partial charge < -0.3 is 0 Å². The van der Waals surface area contributed by atoms with Gasteiger partial charge in [-0.05, 0) is 51.6 Å². The van der Waals surface area contributed by atoms with Crippen LogP contribution in [-0.4, -0.2) is 9.97 Å². The zero-order chi connectivity index (χ0) is 27.7. The minimum atomic E-state index is -0.411. The first kappa shape index (κ1) is 23.7. The van der Waals surface area contributed by atoms with Crippen molar-refractivity contribution in [2.75, 3.05) is 0 Å². The van der Waals surface area contributed by atoms with E-state index in [0.29, 0.717) is 0 Å². The molecular weight excluding hydrogens is 529 g/mol.